The van der Waals surface area contributed by atoms with Gasteiger partial charge in [0.15, 0.2) is 5.96 Å². The van der Waals surface area contributed by atoms with Crippen molar-refractivity contribution in [3.8, 4) is 0 Å². The molecule has 2 rings (SSSR count). The minimum Gasteiger partial charge on any atom is -0.466 e. The predicted octanol–water partition coefficient (Wildman–Crippen LogP) is 3.86. The van der Waals surface area contributed by atoms with Crippen molar-refractivity contribution in [1.82, 2.24) is 10.6 Å². The summed E-state index contributed by atoms with van der Waals surface area (Å²) in [6, 6.07) is 8.26. The first-order chi connectivity index (χ1) is 12.5. The normalized spacial score (nSPS) is 13.6. The average Bonchev–Trinajstić information content (AvgIpc) is 3.14. The van der Waals surface area contributed by atoms with Gasteiger partial charge in [0.25, 0.3) is 0 Å². The van der Waals surface area contributed by atoms with Crippen LogP contribution in [0.15, 0.2) is 46.0 Å². The summed E-state index contributed by atoms with van der Waals surface area (Å²) in [7, 11) is 0. The van der Waals surface area contributed by atoms with Crippen LogP contribution < -0.4 is 10.6 Å². The molecule has 27 heavy (non-hydrogen) atoms. The molecule has 0 amide bonds. The Balaban J connectivity index is 0.00000364. The van der Waals surface area contributed by atoms with Crippen molar-refractivity contribution in [2.45, 2.75) is 31.7 Å². The van der Waals surface area contributed by atoms with Crippen molar-refractivity contribution >= 4 is 41.7 Å². The maximum Gasteiger partial charge on any atom is 0.191 e. The van der Waals surface area contributed by atoms with E-state index in [1.54, 1.807) is 43.0 Å². The molecule has 0 saturated heterocycles. The topological polar surface area (TPSA) is 69.8 Å². The van der Waals surface area contributed by atoms with Gasteiger partial charge in [-0.25, -0.2) is 9.38 Å². The highest BCUT2D eigenvalue weighted by Gasteiger charge is 2.26. The second-order valence-corrected chi connectivity index (χ2v) is 7.01. The quantitative estimate of drug-likeness (QED) is 0.288. The minimum atomic E-state index is -1.15. The fourth-order valence-electron chi connectivity index (χ4n) is 2.47. The van der Waals surface area contributed by atoms with Crippen molar-refractivity contribution < 1.29 is 13.9 Å². The van der Waals surface area contributed by atoms with Crippen molar-refractivity contribution in [2.24, 2.45) is 4.99 Å². The van der Waals surface area contributed by atoms with E-state index in [4.69, 9.17) is 4.42 Å². The molecule has 3 N–H and O–H groups in total. The number of rotatable bonds is 8. The van der Waals surface area contributed by atoms with Crippen LogP contribution in [-0.4, -0.2) is 30.4 Å². The lowest BCUT2D eigenvalue weighted by Crippen LogP contribution is -2.44. The minimum absolute atomic E-state index is 0. The molecule has 1 atom stereocenters. The number of aliphatic hydroxyl groups is 1. The zero-order chi connectivity index (χ0) is 19.0. The Bertz CT molecular complexity index is 724. The van der Waals surface area contributed by atoms with Gasteiger partial charge in [-0.3, -0.25) is 0 Å². The number of nitrogens with zero attached hydrogens (tertiary/aromatic N) is 1. The number of aliphatic imine (C=N–C) groups is 1. The fraction of sp³-hybridized carbons (Fsp3) is 0.421. The number of nitrogens with one attached hydrogen (secondary N) is 2. The van der Waals surface area contributed by atoms with Gasteiger partial charge in [-0.2, -0.15) is 11.8 Å². The molecule has 0 aliphatic rings. The molecule has 0 spiro atoms. The van der Waals surface area contributed by atoms with Crippen molar-refractivity contribution in [2.75, 3.05) is 19.3 Å². The third-order valence-electron chi connectivity index (χ3n) is 3.87. The van der Waals surface area contributed by atoms with E-state index in [1.807, 2.05) is 13.2 Å². The van der Waals surface area contributed by atoms with Crippen LogP contribution in [0.2, 0.25) is 0 Å². The molecular formula is C19H27FIN3O2S. The Morgan fingerprint density at radius 3 is 2.70 bits per heavy atom. The Morgan fingerprint density at radius 2 is 2.07 bits per heavy atom. The van der Waals surface area contributed by atoms with E-state index in [9.17, 15) is 9.50 Å². The first kappa shape index (κ1) is 23.8. The summed E-state index contributed by atoms with van der Waals surface area (Å²) < 4.78 is 18.8. The zero-order valence-electron chi connectivity index (χ0n) is 15.8. The van der Waals surface area contributed by atoms with Gasteiger partial charge in [-0.15, -0.1) is 24.0 Å². The van der Waals surface area contributed by atoms with Gasteiger partial charge >= 0.3 is 0 Å². The third kappa shape index (κ3) is 7.34. The van der Waals surface area contributed by atoms with Crippen molar-refractivity contribution in [3.05, 3.63) is 59.3 Å². The molecule has 0 saturated carbocycles. The monoisotopic (exact) mass is 507 g/mol. The van der Waals surface area contributed by atoms with E-state index in [0.717, 1.165) is 16.9 Å². The molecule has 0 fully saturated rings. The molecule has 8 heteroatoms. The van der Waals surface area contributed by atoms with Crippen molar-refractivity contribution in [1.29, 1.82) is 0 Å². The fourth-order valence-corrected chi connectivity index (χ4v) is 3.05. The van der Waals surface area contributed by atoms with Crippen LogP contribution in [0.4, 0.5) is 4.39 Å². The van der Waals surface area contributed by atoms with Crippen LogP contribution in [0.25, 0.3) is 0 Å². The number of hydrogen-bond acceptors (Lipinski definition) is 4. The van der Waals surface area contributed by atoms with Gasteiger partial charge < -0.3 is 20.2 Å². The van der Waals surface area contributed by atoms with Gasteiger partial charge in [0, 0.05) is 12.3 Å². The van der Waals surface area contributed by atoms with E-state index in [-0.39, 0.29) is 36.3 Å². The van der Waals surface area contributed by atoms with Crippen molar-refractivity contribution in [3.63, 3.8) is 0 Å². The Labute approximate surface area is 181 Å². The predicted molar refractivity (Wildman–Crippen MR) is 120 cm³/mol. The lowest BCUT2D eigenvalue weighted by Gasteiger charge is -2.22. The average molecular weight is 507 g/mol. The Kier molecular flexibility index (Phi) is 10.2. The molecule has 0 radical (unpaired) electrons. The van der Waals surface area contributed by atoms with E-state index < -0.39 is 5.60 Å². The molecule has 2 aromatic rings. The van der Waals surface area contributed by atoms with Crippen LogP contribution in [0.1, 0.15) is 30.7 Å². The maximum absolute atomic E-state index is 13.5. The summed E-state index contributed by atoms with van der Waals surface area (Å²) in [5, 5.41) is 16.8. The molecule has 1 unspecified atom stereocenters. The molecule has 5 nitrogen and oxygen atoms in total. The number of benzene rings is 1. The standard InChI is InChI=1S/C19H26FN3O2S.HI/c1-4-21-18(23-13-19(2,24)17-6-5-9-25-17)22-11-14-7-8-16(20)10-15(14)12-26-3;/h5-10,24H,4,11-13H2,1-3H3,(H2,21,22,23);1H. The lowest BCUT2D eigenvalue weighted by molar-refractivity contribution is 0.0386. The molecule has 1 aromatic heterocycles. The Hall–Kier alpha value is -1.26. The lowest BCUT2D eigenvalue weighted by atomic mass is 10.0. The summed E-state index contributed by atoms with van der Waals surface area (Å²) in [6.07, 6.45) is 3.52. The highest BCUT2D eigenvalue weighted by atomic mass is 127. The van der Waals surface area contributed by atoms with Crippen LogP contribution in [0.3, 0.4) is 0 Å². The van der Waals surface area contributed by atoms with E-state index in [1.165, 1.54) is 12.3 Å². The summed E-state index contributed by atoms with van der Waals surface area (Å²) >= 11 is 1.64. The highest BCUT2D eigenvalue weighted by Crippen LogP contribution is 2.20. The second kappa shape index (κ2) is 11.6. The van der Waals surface area contributed by atoms with Gasteiger partial charge in [-0.1, -0.05) is 6.07 Å². The van der Waals surface area contributed by atoms with Gasteiger partial charge in [0.05, 0.1) is 19.4 Å². The smallest absolute Gasteiger partial charge is 0.191 e. The van der Waals surface area contributed by atoms with E-state index >= 15 is 0 Å². The molecule has 1 aromatic carbocycles. The molecule has 0 aliphatic carbocycles. The number of halogens is 2. The summed E-state index contributed by atoms with van der Waals surface area (Å²) in [4.78, 5) is 4.56. The number of guanidine groups is 1. The summed E-state index contributed by atoms with van der Waals surface area (Å²) in [5.74, 6) is 1.57. The zero-order valence-corrected chi connectivity index (χ0v) is 18.9. The van der Waals surface area contributed by atoms with Gasteiger partial charge in [0.1, 0.15) is 17.2 Å². The molecule has 0 aliphatic heterocycles. The first-order valence-electron chi connectivity index (χ1n) is 8.51. The van der Waals surface area contributed by atoms with E-state index in [0.29, 0.717) is 24.8 Å². The summed E-state index contributed by atoms with van der Waals surface area (Å²) in [5.41, 5.74) is 0.773. The van der Waals surface area contributed by atoms with Crippen LogP contribution in [-0.2, 0) is 17.9 Å². The van der Waals surface area contributed by atoms with Crippen LogP contribution in [0, 0.1) is 5.82 Å². The number of hydrogen-bond donors (Lipinski definition) is 3. The SMILES string of the molecule is CCNC(=NCc1ccc(F)cc1CSC)NCC(C)(O)c1ccco1.I. The van der Waals surface area contributed by atoms with Gasteiger partial charge in [0.2, 0.25) is 0 Å². The van der Waals surface area contributed by atoms with Crippen LogP contribution in [0.5, 0.6) is 0 Å². The van der Waals surface area contributed by atoms with Gasteiger partial charge in [-0.05, 0) is 55.5 Å². The number of furan rings is 1. The van der Waals surface area contributed by atoms with E-state index in [2.05, 4.69) is 15.6 Å². The molecular weight excluding hydrogens is 480 g/mol. The summed E-state index contributed by atoms with van der Waals surface area (Å²) in [6.45, 7) is 5.01. The maximum atomic E-state index is 13.5. The largest absolute Gasteiger partial charge is 0.466 e. The van der Waals surface area contributed by atoms with Crippen LogP contribution >= 0.6 is 35.7 Å². The molecule has 0 bridgehead atoms. The highest BCUT2D eigenvalue weighted by molar-refractivity contribution is 14.0. The number of thioether (sulfide) groups is 1. The molecule has 1 heterocycles. The Morgan fingerprint density at radius 1 is 1.30 bits per heavy atom. The first-order valence-corrected chi connectivity index (χ1v) is 9.90. The molecule has 150 valence electrons. The third-order valence-corrected chi connectivity index (χ3v) is 4.47. The second-order valence-electron chi connectivity index (χ2n) is 6.15.